The van der Waals surface area contributed by atoms with E-state index in [0.717, 1.165) is 22.6 Å². The van der Waals surface area contributed by atoms with Crippen LogP contribution in [0.2, 0.25) is 0 Å². The fraction of sp³-hybridized carbons (Fsp3) is 0.348. The Kier molecular flexibility index (Phi) is 6.06. The summed E-state index contributed by atoms with van der Waals surface area (Å²) in [4.78, 5) is 19.0. The zero-order valence-electron chi connectivity index (χ0n) is 17.8. The van der Waals surface area contributed by atoms with Crippen molar-refractivity contribution in [2.75, 3.05) is 27.4 Å². The third-order valence-corrected chi connectivity index (χ3v) is 5.28. The van der Waals surface area contributed by atoms with Crippen molar-refractivity contribution >= 4 is 5.91 Å². The maximum absolute atomic E-state index is 12.6. The van der Waals surface area contributed by atoms with E-state index in [-0.39, 0.29) is 11.8 Å². The van der Waals surface area contributed by atoms with Crippen LogP contribution in [0.15, 0.2) is 47.0 Å². The number of likely N-dealkylation sites (tertiary alicyclic amines) is 1. The molecule has 0 radical (unpaired) electrons. The molecule has 0 N–H and O–H groups in total. The lowest BCUT2D eigenvalue weighted by molar-refractivity contribution is -0.128. The van der Waals surface area contributed by atoms with Crippen molar-refractivity contribution in [2.24, 2.45) is 0 Å². The van der Waals surface area contributed by atoms with Gasteiger partial charge in [0.25, 0.3) is 0 Å². The van der Waals surface area contributed by atoms with Gasteiger partial charge in [-0.25, -0.2) is 0 Å². The number of ether oxygens (including phenoxy) is 3. The number of nitrogens with zero attached hydrogens (tertiary/aromatic N) is 3. The molecule has 0 spiro atoms. The molecule has 1 aromatic heterocycles. The number of benzene rings is 2. The molecule has 1 aliphatic rings. The molecule has 0 aliphatic carbocycles. The zero-order chi connectivity index (χ0) is 21.8. The van der Waals surface area contributed by atoms with Crippen LogP contribution in [0.5, 0.6) is 17.2 Å². The molecule has 3 aromatic rings. The summed E-state index contributed by atoms with van der Waals surface area (Å²) in [6, 6.07) is 13.1. The van der Waals surface area contributed by atoms with Gasteiger partial charge < -0.3 is 23.6 Å². The van der Waals surface area contributed by atoms with Crippen molar-refractivity contribution in [1.82, 2.24) is 15.0 Å². The van der Waals surface area contributed by atoms with Crippen molar-refractivity contribution in [3.05, 3.63) is 53.9 Å². The lowest BCUT2D eigenvalue weighted by atomic mass is 10.1. The first-order chi connectivity index (χ1) is 15.1. The summed E-state index contributed by atoms with van der Waals surface area (Å²) in [5.41, 5.74) is 1.72. The van der Waals surface area contributed by atoms with E-state index in [9.17, 15) is 4.79 Å². The number of aromatic nitrogens is 2. The first-order valence-electron chi connectivity index (χ1n) is 10.2. The average molecular weight is 423 g/mol. The Morgan fingerprint density at radius 1 is 1.10 bits per heavy atom. The molecule has 1 saturated heterocycles. The summed E-state index contributed by atoms with van der Waals surface area (Å²) in [5.74, 6) is 3.09. The SMILES string of the molecule is CCOc1ccc(-c2noc(C3CC(=O)N(Cc4cc(OC)ccc4OC)C3)n2)cc1. The number of hydrogen-bond acceptors (Lipinski definition) is 7. The van der Waals surface area contributed by atoms with E-state index in [2.05, 4.69) is 10.1 Å². The molecule has 31 heavy (non-hydrogen) atoms. The number of methoxy groups -OCH3 is 2. The van der Waals surface area contributed by atoms with Crippen LogP contribution in [0.1, 0.15) is 30.7 Å². The molecule has 1 aliphatic heterocycles. The minimum atomic E-state index is -0.145. The van der Waals surface area contributed by atoms with Crippen molar-refractivity contribution in [3.63, 3.8) is 0 Å². The van der Waals surface area contributed by atoms with Gasteiger partial charge in [0.15, 0.2) is 0 Å². The predicted octanol–water partition coefficient (Wildman–Crippen LogP) is 3.67. The number of rotatable bonds is 8. The third kappa shape index (κ3) is 4.47. The van der Waals surface area contributed by atoms with Gasteiger partial charge in [0, 0.05) is 30.6 Å². The Bertz CT molecular complexity index is 1050. The van der Waals surface area contributed by atoms with Gasteiger partial charge in [0.2, 0.25) is 17.6 Å². The maximum Gasteiger partial charge on any atom is 0.232 e. The van der Waals surface area contributed by atoms with Gasteiger partial charge in [0.1, 0.15) is 17.2 Å². The zero-order valence-corrected chi connectivity index (χ0v) is 17.8. The summed E-state index contributed by atoms with van der Waals surface area (Å²) >= 11 is 0. The van der Waals surface area contributed by atoms with E-state index < -0.39 is 0 Å². The van der Waals surface area contributed by atoms with Gasteiger partial charge in [-0.15, -0.1) is 0 Å². The monoisotopic (exact) mass is 423 g/mol. The van der Waals surface area contributed by atoms with E-state index in [1.165, 1.54) is 0 Å². The fourth-order valence-electron chi connectivity index (χ4n) is 3.69. The lowest BCUT2D eigenvalue weighted by Crippen LogP contribution is -2.24. The van der Waals surface area contributed by atoms with Gasteiger partial charge in [-0.2, -0.15) is 4.98 Å². The smallest absolute Gasteiger partial charge is 0.232 e. The van der Waals surface area contributed by atoms with E-state index in [0.29, 0.717) is 43.6 Å². The van der Waals surface area contributed by atoms with Crippen LogP contribution in [-0.2, 0) is 11.3 Å². The van der Waals surface area contributed by atoms with E-state index >= 15 is 0 Å². The molecule has 0 bridgehead atoms. The van der Waals surface area contributed by atoms with Crippen molar-refractivity contribution < 1.29 is 23.5 Å². The van der Waals surface area contributed by atoms with Crippen molar-refractivity contribution in [2.45, 2.75) is 25.8 Å². The largest absolute Gasteiger partial charge is 0.497 e. The third-order valence-electron chi connectivity index (χ3n) is 5.28. The molecule has 1 unspecified atom stereocenters. The molecule has 1 fully saturated rings. The molecule has 8 heteroatoms. The van der Waals surface area contributed by atoms with Crippen LogP contribution in [0, 0.1) is 0 Å². The van der Waals surface area contributed by atoms with Gasteiger partial charge in [0.05, 0.1) is 26.7 Å². The molecule has 8 nitrogen and oxygen atoms in total. The van der Waals surface area contributed by atoms with Gasteiger partial charge in [-0.3, -0.25) is 4.79 Å². The van der Waals surface area contributed by atoms with Crippen molar-refractivity contribution in [3.8, 4) is 28.6 Å². The second-order valence-electron chi connectivity index (χ2n) is 7.27. The molecule has 1 atom stereocenters. The molecular weight excluding hydrogens is 398 g/mol. The number of carbonyl (C=O) groups is 1. The Balaban J connectivity index is 1.46. The Hall–Kier alpha value is -3.55. The Morgan fingerprint density at radius 3 is 2.58 bits per heavy atom. The Labute approximate surface area is 180 Å². The highest BCUT2D eigenvalue weighted by Crippen LogP contribution is 2.32. The van der Waals surface area contributed by atoms with Crippen LogP contribution < -0.4 is 14.2 Å². The average Bonchev–Trinajstić information content (AvgIpc) is 3.42. The fourth-order valence-corrected chi connectivity index (χ4v) is 3.69. The summed E-state index contributed by atoms with van der Waals surface area (Å²) in [7, 11) is 3.22. The highest BCUT2D eigenvalue weighted by atomic mass is 16.5. The van der Waals surface area contributed by atoms with E-state index in [1.54, 1.807) is 19.1 Å². The topological polar surface area (TPSA) is 86.9 Å². The van der Waals surface area contributed by atoms with Crippen LogP contribution in [-0.4, -0.2) is 48.3 Å². The molecule has 0 saturated carbocycles. The maximum atomic E-state index is 12.6. The highest BCUT2D eigenvalue weighted by Gasteiger charge is 2.34. The summed E-state index contributed by atoms with van der Waals surface area (Å²) in [6.45, 7) is 3.48. The summed E-state index contributed by atoms with van der Waals surface area (Å²) in [6.07, 6.45) is 0.331. The summed E-state index contributed by atoms with van der Waals surface area (Å²) in [5, 5.41) is 4.10. The van der Waals surface area contributed by atoms with Gasteiger partial charge in [-0.1, -0.05) is 5.16 Å². The molecule has 2 aromatic carbocycles. The van der Waals surface area contributed by atoms with Crippen LogP contribution >= 0.6 is 0 Å². The minimum absolute atomic E-state index is 0.0377. The minimum Gasteiger partial charge on any atom is -0.497 e. The first-order valence-corrected chi connectivity index (χ1v) is 10.2. The number of carbonyl (C=O) groups excluding carboxylic acids is 1. The lowest BCUT2D eigenvalue weighted by Gasteiger charge is -2.18. The van der Waals surface area contributed by atoms with E-state index in [4.69, 9.17) is 18.7 Å². The van der Waals surface area contributed by atoms with Crippen molar-refractivity contribution in [1.29, 1.82) is 0 Å². The summed E-state index contributed by atoms with van der Waals surface area (Å²) < 4.78 is 21.7. The second-order valence-corrected chi connectivity index (χ2v) is 7.27. The molecule has 162 valence electrons. The molecule has 4 rings (SSSR count). The molecule has 1 amide bonds. The van der Waals surface area contributed by atoms with Crippen LogP contribution in [0.3, 0.4) is 0 Å². The molecule has 2 heterocycles. The Morgan fingerprint density at radius 2 is 1.87 bits per heavy atom. The van der Waals surface area contributed by atoms with Crippen LogP contribution in [0.4, 0.5) is 0 Å². The number of hydrogen-bond donors (Lipinski definition) is 0. The quantitative estimate of drug-likeness (QED) is 0.546. The second kappa shape index (κ2) is 9.07. The van der Waals surface area contributed by atoms with Gasteiger partial charge >= 0.3 is 0 Å². The number of amides is 1. The van der Waals surface area contributed by atoms with Crippen LogP contribution in [0.25, 0.3) is 11.4 Å². The first kappa shape index (κ1) is 20.7. The predicted molar refractivity (Wildman–Crippen MR) is 113 cm³/mol. The van der Waals surface area contributed by atoms with Gasteiger partial charge in [-0.05, 0) is 49.4 Å². The molecular formula is C23H25N3O5. The highest BCUT2D eigenvalue weighted by molar-refractivity contribution is 5.79. The standard InChI is InChI=1S/C23H25N3O5/c1-4-30-18-7-5-15(6-8-18)22-24-23(31-25-22)17-12-21(27)26(14-17)13-16-11-19(28-2)9-10-20(16)29-3/h5-11,17H,4,12-14H2,1-3H3. The van der Waals surface area contributed by atoms with E-state index in [1.807, 2.05) is 49.4 Å². The normalized spacial score (nSPS) is 15.9.